The number of nitrogens with one attached hydrogen (secondary N) is 3. The normalized spacial score (nSPS) is 25.3. The van der Waals surface area contributed by atoms with Crippen molar-refractivity contribution >= 4 is 32.7 Å². The van der Waals surface area contributed by atoms with Gasteiger partial charge in [0.15, 0.2) is 0 Å². The summed E-state index contributed by atoms with van der Waals surface area (Å²) in [5.41, 5.74) is 1.10. The molecule has 3 aromatic rings. The van der Waals surface area contributed by atoms with Crippen molar-refractivity contribution in [2.75, 3.05) is 13.7 Å². The molecule has 3 N–H and O–H groups in total. The number of aromatic nitrogens is 1. The number of hydrogen-bond acceptors (Lipinski definition) is 8. The largest absolute Gasteiger partial charge is 0.497 e. The molecule has 4 unspecified atom stereocenters. The highest BCUT2D eigenvalue weighted by atomic mass is 32.2. The van der Waals surface area contributed by atoms with Crippen LogP contribution in [0.5, 0.6) is 11.5 Å². The zero-order chi connectivity index (χ0) is 28.8. The van der Waals surface area contributed by atoms with Gasteiger partial charge < -0.3 is 20.1 Å². The van der Waals surface area contributed by atoms with E-state index in [1.54, 1.807) is 13.2 Å². The van der Waals surface area contributed by atoms with Crippen LogP contribution in [0.15, 0.2) is 67.3 Å². The minimum Gasteiger partial charge on any atom is -0.497 e. The fraction of sp³-hybridized carbons (Fsp3) is 0.367. The third kappa shape index (κ3) is 5.39. The van der Waals surface area contributed by atoms with Crippen LogP contribution in [0.3, 0.4) is 0 Å². The Kier molecular flexibility index (Phi) is 6.95. The van der Waals surface area contributed by atoms with E-state index in [-0.39, 0.29) is 17.9 Å². The maximum atomic E-state index is 13.3. The predicted octanol–water partition coefficient (Wildman–Crippen LogP) is 2.69. The number of ether oxygens (including phenoxy) is 2. The lowest BCUT2D eigenvalue weighted by molar-refractivity contribution is -0.130. The molecule has 0 spiro atoms. The number of benzene rings is 2. The van der Waals surface area contributed by atoms with Crippen LogP contribution in [-0.2, 0) is 19.6 Å². The molecule has 0 radical (unpaired) electrons. The molecule has 4 atom stereocenters. The zero-order valence-corrected chi connectivity index (χ0v) is 23.4. The van der Waals surface area contributed by atoms with Gasteiger partial charge in [0.1, 0.15) is 23.1 Å². The average molecular weight is 577 g/mol. The lowest BCUT2D eigenvalue weighted by atomic mass is 10.1. The molecule has 10 nitrogen and oxygen atoms in total. The Balaban J connectivity index is 1.17. The van der Waals surface area contributed by atoms with Gasteiger partial charge >= 0.3 is 0 Å². The second-order valence-corrected chi connectivity index (χ2v) is 12.8. The molecule has 11 heteroatoms. The summed E-state index contributed by atoms with van der Waals surface area (Å²) in [5, 5.41) is 6.29. The first-order valence-corrected chi connectivity index (χ1v) is 15.2. The van der Waals surface area contributed by atoms with E-state index in [1.807, 2.05) is 54.6 Å². The average Bonchev–Trinajstić information content (AvgIpc) is 3.90. The van der Waals surface area contributed by atoms with Gasteiger partial charge in [0, 0.05) is 42.0 Å². The number of amides is 2. The monoisotopic (exact) mass is 576 g/mol. The van der Waals surface area contributed by atoms with Gasteiger partial charge in [0.05, 0.1) is 29.6 Å². The molecule has 3 aliphatic rings. The first-order valence-electron chi connectivity index (χ1n) is 13.7. The number of pyridine rings is 1. The second-order valence-electron chi connectivity index (χ2n) is 10.9. The van der Waals surface area contributed by atoms with Gasteiger partial charge in [-0.05, 0) is 31.4 Å². The molecule has 2 aliphatic carbocycles. The molecule has 0 bridgehead atoms. The smallest absolute Gasteiger partial charge is 0.259 e. The summed E-state index contributed by atoms with van der Waals surface area (Å²) in [7, 11) is -2.13. The minimum atomic E-state index is -3.74. The Hall–Kier alpha value is -3.96. The number of carbonyl (C=O) groups excluding carboxylic acids is 2. The highest BCUT2D eigenvalue weighted by Gasteiger charge is 2.61. The summed E-state index contributed by atoms with van der Waals surface area (Å²) in [4.78, 5) is 31.1. The van der Waals surface area contributed by atoms with E-state index in [9.17, 15) is 18.0 Å². The molecular weight excluding hydrogens is 544 g/mol. The number of fused-ring (bicyclic) bond motifs is 1. The van der Waals surface area contributed by atoms with Gasteiger partial charge in [-0.2, -0.15) is 0 Å². The van der Waals surface area contributed by atoms with E-state index >= 15 is 0 Å². The van der Waals surface area contributed by atoms with Crippen LogP contribution in [0.1, 0.15) is 25.7 Å². The quantitative estimate of drug-likeness (QED) is 0.314. The highest BCUT2D eigenvalue weighted by Crippen LogP contribution is 2.45. The van der Waals surface area contributed by atoms with Crippen molar-refractivity contribution in [1.82, 2.24) is 20.3 Å². The van der Waals surface area contributed by atoms with Crippen LogP contribution in [0.2, 0.25) is 0 Å². The summed E-state index contributed by atoms with van der Waals surface area (Å²) in [6.07, 6.45) is 2.99. The number of methoxy groups -OCH3 is 1. The van der Waals surface area contributed by atoms with Crippen molar-refractivity contribution in [3.8, 4) is 22.8 Å². The first kappa shape index (κ1) is 27.2. The summed E-state index contributed by atoms with van der Waals surface area (Å²) in [6.45, 7) is 4.16. The predicted molar refractivity (Wildman–Crippen MR) is 154 cm³/mol. The fourth-order valence-electron chi connectivity index (χ4n) is 5.35. The van der Waals surface area contributed by atoms with Crippen molar-refractivity contribution < 1.29 is 27.5 Å². The molecule has 3 fully saturated rings. The van der Waals surface area contributed by atoms with Gasteiger partial charge in [-0.15, -0.1) is 6.58 Å². The second kappa shape index (κ2) is 10.5. The van der Waals surface area contributed by atoms with E-state index in [1.165, 1.54) is 0 Å². The Labute approximate surface area is 238 Å². The molecule has 214 valence electrons. The van der Waals surface area contributed by atoms with E-state index < -0.39 is 32.8 Å². The van der Waals surface area contributed by atoms with Crippen molar-refractivity contribution in [3.63, 3.8) is 0 Å². The van der Waals surface area contributed by atoms with E-state index in [2.05, 4.69) is 21.9 Å². The summed E-state index contributed by atoms with van der Waals surface area (Å²) in [6, 6.07) is 16.7. The zero-order valence-electron chi connectivity index (χ0n) is 22.6. The molecule has 2 heterocycles. The van der Waals surface area contributed by atoms with Crippen LogP contribution >= 0.6 is 0 Å². The van der Waals surface area contributed by atoms with Crippen molar-refractivity contribution in [3.05, 3.63) is 67.3 Å². The van der Waals surface area contributed by atoms with Crippen molar-refractivity contribution in [2.24, 2.45) is 5.92 Å². The Bertz CT molecular complexity index is 1620. The first-order chi connectivity index (χ1) is 19.7. The third-order valence-corrected chi connectivity index (χ3v) is 9.82. The molecule has 2 saturated carbocycles. The van der Waals surface area contributed by atoms with Crippen LogP contribution in [0, 0.1) is 5.92 Å². The molecule has 41 heavy (non-hydrogen) atoms. The van der Waals surface area contributed by atoms with Gasteiger partial charge in [-0.3, -0.25) is 14.3 Å². The lowest BCUT2D eigenvalue weighted by Gasteiger charge is -2.21. The third-order valence-electron chi connectivity index (χ3n) is 8.00. The summed E-state index contributed by atoms with van der Waals surface area (Å²) < 4.78 is 38.7. The molecule has 2 aromatic carbocycles. The van der Waals surface area contributed by atoms with Gasteiger partial charge in [-0.1, -0.05) is 36.4 Å². The van der Waals surface area contributed by atoms with Gasteiger partial charge in [0.25, 0.3) is 5.91 Å². The Morgan fingerprint density at radius 2 is 1.93 bits per heavy atom. The van der Waals surface area contributed by atoms with Crippen LogP contribution in [0.4, 0.5) is 0 Å². The molecule has 2 amide bonds. The summed E-state index contributed by atoms with van der Waals surface area (Å²) >= 11 is 0. The van der Waals surface area contributed by atoms with Gasteiger partial charge in [0.2, 0.25) is 15.9 Å². The standard InChI is InChI=1S/C30H32N4O6S/c1-3-19-16-30(19,29(36)34-41(37,38)22-10-11-22)33-28(35)26-14-21(17-31-26)40-27-15-24(18-7-5-4-6-8-18)32-25-13-20(39-2)9-12-23(25)27/h3-9,12-13,15,19,21-22,26,31H,1,10-11,14,16-17H2,2H3,(H,33,35)(H,34,36). The van der Waals surface area contributed by atoms with Crippen LogP contribution in [0.25, 0.3) is 22.2 Å². The van der Waals surface area contributed by atoms with Crippen molar-refractivity contribution in [2.45, 2.75) is 48.6 Å². The highest BCUT2D eigenvalue weighted by molar-refractivity contribution is 7.91. The molecule has 1 saturated heterocycles. The van der Waals surface area contributed by atoms with Crippen molar-refractivity contribution in [1.29, 1.82) is 0 Å². The van der Waals surface area contributed by atoms with E-state index in [0.717, 1.165) is 22.2 Å². The maximum Gasteiger partial charge on any atom is 0.259 e. The minimum absolute atomic E-state index is 0.301. The number of sulfonamides is 1. The summed E-state index contributed by atoms with van der Waals surface area (Å²) in [5.74, 6) is -0.110. The van der Waals surface area contributed by atoms with E-state index in [0.29, 0.717) is 43.7 Å². The number of nitrogens with zero attached hydrogens (tertiary/aromatic N) is 1. The molecular formula is C30H32N4O6S. The lowest BCUT2D eigenvalue weighted by Crippen LogP contribution is -2.55. The Morgan fingerprint density at radius 3 is 2.61 bits per heavy atom. The topological polar surface area (TPSA) is 136 Å². The maximum absolute atomic E-state index is 13.3. The van der Waals surface area contributed by atoms with E-state index in [4.69, 9.17) is 14.5 Å². The molecule has 1 aliphatic heterocycles. The number of carbonyl (C=O) groups is 2. The number of hydrogen-bond donors (Lipinski definition) is 3. The van der Waals surface area contributed by atoms with Crippen LogP contribution < -0.4 is 24.8 Å². The molecule has 6 rings (SSSR count). The molecule has 1 aromatic heterocycles. The fourth-order valence-corrected chi connectivity index (χ4v) is 6.72. The van der Waals surface area contributed by atoms with Crippen LogP contribution in [-0.4, -0.2) is 61.8 Å². The Morgan fingerprint density at radius 1 is 1.15 bits per heavy atom. The number of rotatable bonds is 10. The SMILES string of the molecule is C=CC1CC1(NC(=O)C1CC(Oc2cc(-c3ccccc3)nc3cc(OC)ccc23)CN1)C(=O)NS(=O)(=O)C1CC1. The van der Waals surface area contributed by atoms with Gasteiger partial charge in [-0.25, -0.2) is 13.4 Å².